The summed E-state index contributed by atoms with van der Waals surface area (Å²) in [6, 6.07) is 5.96. The number of nitrogens with zero attached hydrogens (tertiary/aromatic N) is 1. The first kappa shape index (κ1) is 18.4. The van der Waals surface area contributed by atoms with Gasteiger partial charge in [-0.25, -0.2) is 0 Å². The highest BCUT2D eigenvalue weighted by Crippen LogP contribution is 2.23. The Hall–Kier alpha value is -1.61. The Morgan fingerprint density at radius 1 is 1.27 bits per heavy atom. The van der Waals surface area contributed by atoms with Crippen molar-refractivity contribution < 1.29 is 6.22 Å². The summed E-state index contributed by atoms with van der Waals surface area (Å²) in [5.74, 6) is 0.0139. The number of allylic oxidation sites excluding steroid dienone is 2. The maximum Gasteiger partial charge on any atom is 0.251 e. The molecule has 0 fully saturated rings. The Bertz CT molecular complexity index is 522. The van der Waals surface area contributed by atoms with Gasteiger partial charge >= 0.3 is 0 Å². The van der Waals surface area contributed by atoms with Gasteiger partial charge in [-0.3, -0.25) is 4.79 Å². The van der Waals surface area contributed by atoms with Crippen LogP contribution in [-0.4, -0.2) is 37.0 Å². The van der Waals surface area contributed by atoms with E-state index in [4.69, 9.17) is 0 Å². The summed E-state index contributed by atoms with van der Waals surface area (Å²) in [6.07, 6.45) is 3.11. The predicted octanol–water partition coefficient (Wildman–Crippen LogP) is 4.13. The molecule has 0 bridgehead atoms. The van der Waals surface area contributed by atoms with Gasteiger partial charge in [0.05, 0.1) is 0 Å². The minimum atomic E-state index is 0. The van der Waals surface area contributed by atoms with E-state index in [0.29, 0.717) is 6.54 Å². The van der Waals surface area contributed by atoms with Crippen LogP contribution in [0.2, 0.25) is 0 Å². The van der Waals surface area contributed by atoms with Gasteiger partial charge in [0.1, 0.15) is 0 Å². The van der Waals surface area contributed by atoms with E-state index in [1.54, 1.807) is 0 Å². The van der Waals surface area contributed by atoms with Crippen molar-refractivity contribution >= 4 is 11.5 Å². The van der Waals surface area contributed by atoms with E-state index in [0.717, 1.165) is 31.6 Å². The summed E-state index contributed by atoms with van der Waals surface area (Å²) in [5.41, 5.74) is 4.43. The smallest absolute Gasteiger partial charge is 0.251 e. The van der Waals surface area contributed by atoms with Crippen LogP contribution in [0, 0.1) is 6.92 Å². The molecule has 0 spiro atoms. The third kappa shape index (κ3) is 4.99. The fourth-order valence-electron chi connectivity index (χ4n) is 2.63. The minimum Gasteiger partial charge on any atom is -0.351 e. The van der Waals surface area contributed by atoms with Crippen LogP contribution in [0.25, 0.3) is 5.57 Å². The van der Waals surface area contributed by atoms with Crippen LogP contribution >= 0.6 is 0 Å². The Labute approximate surface area is 136 Å². The number of likely N-dealkylation sites (N-methyl/N-ethyl adjacent to an activating group) is 1. The minimum absolute atomic E-state index is 0. The van der Waals surface area contributed by atoms with Gasteiger partial charge in [-0.1, -0.05) is 32.9 Å². The van der Waals surface area contributed by atoms with Crippen LogP contribution in [-0.2, 0) is 0 Å². The number of hydrogen-bond acceptors (Lipinski definition) is 2. The molecule has 0 aliphatic heterocycles. The molecule has 1 amide bonds. The molecule has 0 saturated carbocycles. The van der Waals surface area contributed by atoms with Crippen molar-refractivity contribution in [2.75, 3.05) is 26.2 Å². The number of aryl methyl sites for hydroxylation is 1. The molecule has 0 saturated heterocycles. The third-order valence-corrected chi connectivity index (χ3v) is 4.18. The Balaban J connectivity index is 0.00000484. The second kappa shape index (κ2) is 9.42. The third-order valence-electron chi connectivity index (χ3n) is 4.18. The van der Waals surface area contributed by atoms with E-state index in [1.165, 1.54) is 16.7 Å². The van der Waals surface area contributed by atoms with Gasteiger partial charge in [-0.2, -0.15) is 0 Å². The van der Waals surface area contributed by atoms with Gasteiger partial charge < -0.3 is 10.2 Å². The normalized spacial score (nSPS) is 11.8. The zero-order valence-corrected chi connectivity index (χ0v) is 14.7. The van der Waals surface area contributed by atoms with Gasteiger partial charge in [-0.15, -0.1) is 0 Å². The zero-order valence-electron chi connectivity index (χ0n) is 14.7. The largest absolute Gasteiger partial charge is 0.351 e. The SMILES string of the molecule is C/C=C(\CC)c1cc(C(=O)NCCN(CC)CC)ccc1C.[HH]. The van der Waals surface area contributed by atoms with Gasteiger partial charge in [0.15, 0.2) is 0 Å². The molecule has 3 nitrogen and oxygen atoms in total. The Morgan fingerprint density at radius 2 is 1.95 bits per heavy atom. The molecule has 1 rings (SSSR count). The Kier molecular flexibility index (Phi) is 7.89. The molecule has 0 aliphatic rings. The van der Waals surface area contributed by atoms with E-state index in [1.807, 2.05) is 18.2 Å². The summed E-state index contributed by atoms with van der Waals surface area (Å²) in [5, 5.41) is 3.02. The van der Waals surface area contributed by atoms with Gasteiger partial charge in [-0.05, 0) is 62.2 Å². The van der Waals surface area contributed by atoms with Crippen LogP contribution < -0.4 is 5.32 Å². The summed E-state index contributed by atoms with van der Waals surface area (Å²) in [7, 11) is 0. The molecule has 22 heavy (non-hydrogen) atoms. The number of carbonyl (C=O) groups is 1. The highest BCUT2D eigenvalue weighted by Gasteiger charge is 2.10. The molecule has 3 heteroatoms. The molecular weight excluding hydrogens is 272 g/mol. The summed E-state index contributed by atoms with van der Waals surface area (Å²) >= 11 is 0. The van der Waals surface area contributed by atoms with E-state index in [-0.39, 0.29) is 7.33 Å². The molecule has 1 aromatic carbocycles. The summed E-state index contributed by atoms with van der Waals surface area (Å²) < 4.78 is 0. The maximum absolute atomic E-state index is 12.3. The molecule has 1 N–H and O–H groups in total. The van der Waals surface area contributed by atoms with Crippen molar-refractivity contribution in [2.24, 2.45) is 0 Å². The second-order valence-corrected chi connectivity index (χ2v) is 5.48. The topological polar surface area (TPSA) is 32.3 Å². The second-order valence-electron chi connectivity index (χ2n) is 5.48. The van der Waals surface area contributed by atoms with Crippen LogP contribution in [0.15, 0.2) is 24.3 Å². The van der Waals surface area contributed by atoms with Crippen LogP contribution in [0.4, 0.5) is 0 Å². The number of benzene rings is 1. The molecule has 0 atom stereocenters. The summed E-state index contributed by atoms with van der Waals surface area (Å²) in [6.45, 7) is 14.2. The van der Waals surface area contributed by atoms with Crippen molar-refractivity contribution in [1.29, 1.82) is 0 Å². The molecule has 124 valence electrons. The molecular formula is C19H32N2O. The first-order chi connectivity index (χ1) is 10.6. The lowest BCUT2D eigenvalue weighted by Gasteiger charge is -2.18. The molecule has 0 aliphatic carbocycles. The summed E-state index contributed by atoms with van der Waals surface area (Å²) in [4.78, 5) is 14.6. The van der Waals surface area contributed by atoms with Gasteiger partial charge in [0, 0.05) is 20.1 Å². The maximum atomic E-state index is 12.3. The van der Waals surface area contributed by atoms with Crippen molar-refractivity contribution in [3.63, 3.8) is 0 Å². The first-order valence-electron chi connectivity index (χ1n) is 8.34. The lowest BCUT2D eigenvalue weighted by molar-refractivity contribution is 0.0949. The first-order valence-corrected chi connectivity index (χ1v) is 8.34. The standard InChI is InChI=1S/C19H30N2O.H2/c1-6-16(7-2)18-14-17(11-10-15(18)5)19(22)20-12-13-21(8-3)9-4;/h6,10-11,14H,7-9,12-13H2,1-5H3,(H,20,22);1H/b16-6+;. The van der Waals surface area contributed by atoms with Crippen molar-refractivity contribution in [3.05, 3.63) is 41.0 Å². The van der Waals surface area contributed by atoms with Crippen LogP contribution in [0.1, 0.15) is 57.0 Å². The zero-order chi connectivity index (χ0) is 16.5. The lowest BCUT2D eigenvalue weighted by Crippen LogP contribution is -2.34. The van der Waals surface area contributed by atoms with Crippen molar-refractivity contribution in [3.8, 4) is 0 Å². The lowest BCUT2D eigenvalue weighted by atomic mass is 9.96. The average Bonchev–Trinajstić information content (AvgIpc) is 2.54. The van der Waals surface area contributed by atoms with E-state index >= 15 is 0 Å². The molecule has 0 unspecified atom stereocenters. The molecule has 1 aromatic rings. The average molecular weight is 304 g/mol. The number of hydrogen-bond donors (Lipinski definition) is 1. The van der Waals surface area contributed by atoms with E-state index in [2.05, 4.69) is 50.9 Å². The fraction of sp³-hybridized carbons (Fsp3) is 0.526. The molecule has 0 aromatic heterocycles. The highest BCUT2D eigenvalue weighted by molar-refractivity contribution is 5.95. The van der Waals surface area contributed by atoms with Gasteiger partial charge in [0.25, 0.3) is 5.91 Å². The highest BCUT2D eigenvalue weighted by atomic mass is 16.1. The number of nitrogens with one attached hydrogen (secondary N) is 1. The number of amides is 1. The van der Waals surface area contributed by atoms with E-state index < -0.39 is 0 Å². The molecule has 0 heterocycles. The number of carbonyl (C=O) groups excluding carboxylic acids is 1. The van der Waals surface area contributed by atoms with E-state index in [9.17, 15) is 4.79 Å². The number of rotatable bonds is 8. The quantitative estimate of drug-likeness (QED) is 0.783. The van der Waals surface area contributed by atoms with Crippen molar-refractivity contribution in [1.82, 2.24) is 10.2 Å². The monoisotopic (exact) mass is 304 g/mol. The predicted molar refractivity (Wildman–Crippen MR) is 97.4 cm³/mol. The van der Waals surface area contributed by atoms with Crippen molar-refractivity contribution in [2.45, 2.75) is 41.0 Å². The van der Waals surface area contributed by atoms with Crippen LogP contribution in [0.3, 0.4) is 0 Å². The van der Waals surface area contributed by atoms with Crippen LogP contribution in [0.5, 0.6) is 0 Å². The van der Waals surface area contributed by atoms with Gasteiger partial charge in [0.2, 0.25) is 0 Å². The fourth-order valence-corrected chi connectivity index (χ4v) is 2.63. The Morgan fingerprint density at radius 3 is 2.50 bits per heavy atom. The molecule has 0 radical (unpaired) electrons.